The highest BCUT2D eigenvalue weighted by atomic mass is 32.1. The van der Waals surface area contributed by atoms with Gasteiger partial charge in [0.15, 0.2) is 5.13 Å². The highest BCUT2D eigenvalue weighted by Gasteiger charge is 2.41. The Morgan fingerprint density at radius 3 is 3.00 bits per heavy atom. The molecule has 0 atom stereocenters. The predicted octanol–water partition coefficient (Wildman–Crippen LogP) is 1.87. The molecule has 0 radical (unpaired) electrons. The van der Waals surface area contributed by atoms with Crippen LogP contribution in [0.1, 0.15) is 30.6 Å². The summed E-state index contributed by atoms with van der Waals surface area (Å²) in [7, 11) is 0. The zero-order valence-electron chi connectivity index (χ0n) is 10.0. The number of rotatable bonds is 2. The zero-order chi connectivity index (χ0) is 11.7. The first-order chi connectivity index (χ1) is 8.28. The topological polar surface area (TPSA) is 51.4 Å². The summed E-state index contributed by atoms with van der Waals surface area (Å²) < 4.78 is 5.70. The van der Waals surface area contributed by atoms with Crippen LogP contribution in [0, 0.1) is 0 Å². The van der Waals surface area contributed by atoms with Gasteiger partial charge in [-0.2, -0.15) is 0 Å². The summed E-state index contributed by atoms with van der Waals surface area (Å²) >= 11 is 1.61. The van der Waals surface area contributed by atoms with E-state index in [0.717, 1.165) is 26.3 Å². The molecule has 2 heterocycles. The van der Waals surface area contributed by atoms with Gasteiger partial charge in [-0.25, -0.2) is 4.98 Å². The van der Waals surface area contributed by atoms with Gasteiger partial charge in [0.25, 0.3) is 0 Å². The molecule has 1 spiro atoms. The van der Waals surface area contributed by atoms with Gasteiger partial charge in [0, 0.05) is 29.7 Å². The summed E-state index contributed by atoms with van der Waals surface area (Å²) in [5, 5.41) is 0.675. The average Bonchev–Trinajstić information content (AvgIpc) is 2.93. The molecular weight excluding hydrogens is 234 g/mol. The van der Waals surface area contributed by atoms with E-state index < -0.39 is 0 Å². The molecule has 1 aromatic heterocycles. The summed E-state index contributed by atoms with van der Waals surface area (Å²) in [5.41, 5.74) is 6.00. The van der Waals surface area contributed by atoms with Crippen molar-refractivity contribution in [1.82, 2.24) is 9.88 Å². The molecule has 0 bridgehead atoms. The van der Waals surface area contributed by atoms with Crippen LogP contribution in [0.4, 0.5) is 5.13 Å². The molecule has 0 amide bonds. The van der Waals surface area contributed by atoms with Crippen LogP contribution >= 0.6 is 11.3 Å². The zero-order valence-corrected chi connectivity index (χ0v) is 10.8. The molecule has 94 valence electrons. The Hall–Kier alpha value is -0.650. The Bertz CT molecular complexity index is 387. The fourth-order valence-corrected chi connectivity index (χ4v) is 3.79. The van der Waals surface area contributed by atoms with Crippen molar-refractivity contribution in [2.45, 2.75) is 37.8 Å². The Balaban J connectivity index is 1.75. The van der Waals surface area contributed by atoms with Crippen molar-refractivity contribution in [2.24, 2.45) is 0 Å². The number of morpholine rings is 1. The number of hydrogen-bond donors (Lipinski definition) is 1. The molecule has 1 saturated heterocycles. The van der Waals surface area contributed by atoms with Gasteiger partial charge in [0.05, 0.1) is 13.2 Å². The van der Waals surface area contributed by atoms with Gasteiger partial charge < -0.3 is 10.5 Å². The molecule has 1 aliphatic heterocycles. The largest absolute Gasteiger partial charge is 0.378 e. The van der Waals surface area contributed by atoms with E-state index in [4.69, 9.17) is 10.5 Å². The Morgan fingerprint density at radius 2 is 2.29 bits per heavy atom. The maximum Gasteiger partial charge on any atom is 0.180 e. The molecule has 2 aliphatic rings. The summed E-state index contributed by atoms with van der Waals surface area (Å²) in [6.07, 6.45) is 7.15. The van der Waals surface area contributed by atoms with Crippen molar-refractivity contribution in [2.75, 3.05) is 25.5 Å². The van der Waals surface area contributed by atoms with Crippen LogP contribution in [0.5, 0.6) is 0 Å². The molecule has 17 heavy (non-hydrogen) atoms. The minimum atomic E-state index is 0.303. The molecule has 3 rings (SSSR count). The molecular formula is C12H19N3OS. The second-order valence-corrected chi connectivity index (χ2v) is 6.22. The minimum absolute atomic E-state index is 0.303. The van der Waals surface area contributed by atoms with Gasteiger partial charge >= 0.3 is 0 Å². The number of hydrogen-bond acceptors (Lipinski definition) is 5. The normalized spacial score (nSPS) is 24.5. The van der Waals surface area contributed by atoms with Crippen LogP contribution in [0.3, 0.4) is 0 Å². The third-order valence-electron chi connectivity index (χ3n) is 4.00. The lowest BCUT2D eigenvalue weighted by Gasteiger charge is -2.44. The van der Waals surface area contributed by atoms with E-state index in [1.165, 1.54) is 30.6 Å². The van der Waals surface area contributed by atoms with E-state index >= 15 is 0 Å². The van der Waals surface area contributed by atoms with Crippen molar-refractivity contribution >= 4 is 16.5 Å². The van der Waals surface area contributed by atoms with E-state index in [1.807, 2.05) is 6.20 Å². The maximum absolute atomic E-state index is 5.70. The first-order valence-corrected chi connectivity index (χ1v) is 7.13. The molecule has 0 unspecified atom stereocenters. The van der Waals surface area contributed by atoms with Crippen LogP contribution in [-0.2, 0) is 11.3 Å². The number of nitrogen functional groups attached to an aromatic ring is 1. The van der Waals surface area contributed by atoms with Gasteiger partial charge in [-0.15, -0.1) is 11.3 Å². The lowest BCUT2D eigenvalue weighted by Crippen LogP contribution is -2.54. The van der Waals surface area contributed by atoms with E-state index in [2.05, 4.69) is 9.88 Å². The Morgan fingerprint density at radius 1 is 1.47 bits per heavy atom. The van der Waals surface area contributed by atoms with Crippen molar-refractivity contribution in [3.63, 3.8) is 0 Å². The number of anilines is 1. The molecule has 1 aromatic rings. The maximum atomic E-state index is 5.70. The van der Waals surface area contributed by atoms with E-state index in [9.17, 15) is 0 Å². The first kappa shape index (κ1) is 11.4. The molecule has 2 fully saturated rings. The molecule has 0 aromatic carbocycles. The van der Waals surface area contributed by atoms with E-state index in [1.54, 1.807) is 11.3 Å². The molecule has 1 saturated carbocycles. The third-order valence-corrected chi connectivity index (χ3v) is 4.81. The molecule has 5 heteroatoms. The minimum Gasteiger partial charge on any atom is -0.378 e. The number of nitrogens with two attached hydrogens (primary N) is 1. The van der Waals surface area contributed by atoms with Crippen LogP contribution < -0.4 is 5.73 Å². The van der Waals surface area contributed by atoms with Gasteiger partial charge in [0.2, 0.25) is 0 Å². The SMILES string of the molecule is Nc1ncc(CN2CCOCC23CCCC3)s1. The molecule has 2 N–H and O–H groups in total. The fraction of sp³-hybridized carbons (Fsp3) is 0.750. The van der Waals surface area contributed by atoms with Gasteiger partial charge in [-0.1, -0.05) is 12.8 Å². The quantitative estimate of drug-likeness (QED) is 0.874. The summed E-state index contributed by atoms with van der Waals surface area (Å²) in [6, 6.07) is 0. The number of ether oxygens (including phenoxy) is 1. The first-order valence-electron chi connectivity index (χ1n) is 6.32. The second kappa shape index (κ2) is 4.55. The monoisotopic (exact) mass is 253 g/mol. The molecule has 1 aliphatic carbocycles. The Kier molecular flexibility index (Phi) is 3.06. The standard InChI is InChI=1S/C12H19N3OS/c13-11-14-7-10(17-11)8-15-5-6-16-9-12(15)3-1-2-4-12/h7H,1-6,8-9H2,(H2,13,14). The van der Waals surface area contributed by atoms with Crippen LogP contribution in [-0.4, -0.2) is 35.2 Å². The number of thiazole rings is 1. The average molecular weight is 253 g/mol. The van der Waals surface area contributed by atoms with Crippen molar-refractivity contribution in [3.8, 4) is 0 Å². The van der Waals surface area contributed by atoms with Crippen LogP contribution in [0.2, 0.25) is 0 Å². The van der Waals surface area contributed by atoms with Crippen molar-refractivity contribution in [1.29, 1.82) is 0 Å². The fourth-order valence-electron chi connectivity index (χ4n) is 3.09. The van der Waals surface area contributed by atoms with Gasteiger partial charge in [-0.3, -0.25) is 4.90 Å². The predicted molar refractivity (Wildman–Crippen MR) is 69.0 cm³/mol. The van der Waals surface area contributed by atoms with E-state index in [0.29, 0.717) is 10.7 Å². The molecule has 4 nitrogen and oxygen atoms in total. The third kappa shape index (κ3) is 2.19. The van der Waals surface area contributed by atoms with Crippen molar-refractivity contribution in [3.05, 3.63) is 11.1 Å². The summed E-state index contributed by atoms with van der Waals surface area (Å²) in [5.74, 6) is 0. The van der Waals surface area contributed by atoms with Crippen LogP contribution in [0.25, 0.3) is 0 Å². The summed E-state index contributed by atoms with van der Waals surface area (Å²) in [4.78, 5) is 8.00. The lowest BCUT2D eigenvalue weighted by atomic mass is 9.94. The lowest BCUT2D eigenvalue weighted by molar-refractivity contribution is -0.0698. The van der Waals surface area contributed by atoms with Gasteiger partial charge in [-0.05, 0) is 12.8 Å². The van der Waals surface area contributed by atoms with Gasteiger partial charge in [0.1, 0.15) is 0 Å². The van der Waals surface area contributed by atoms with E-state index in [-0.39, 0.29) is 0 Å². The van der Waals surface area contributed by atoms with Crippen LogP contribution in [0.15, 0.2) is 6.20 Å². The smallest absolute Gasteiger partial charge is 0.180 e. The van der Waals surface area contributed by atoms with Crippen molar-refractivity contribution < 1.29 is 4.74 Å². The number of aromatic nitrogens is 1. The highest BCUT2D eigenvalue weighted by Crippen LogP contribution is 2.38. The number of nitrogens with zero attached hydrogens (tertiary/aromatic N) is 2. The Labute approximate surface area is 106 Å². The highest BCUT2D eigenvalue weighted by molar-refractivity contribution is 7.15. The summed E-state index contributed by atoms with van der Waals surface area (Å²) in [6.45, 7) is 3.79. The second-order valence-electron chi connectivity index (χ2n) is 5.07.